The maximum atomic E-state index is 5.88. The van der Waals surface area contributed by atoms with Gasteiger partial charge in [0.25, 0.3) is 0 Å². The molecular weight excluding hydrogens is 313 g/mol. The molecule has 25 heavy (non-hydrogen) atoms. The molecule has 1 saturated heterocycles. The second-order valence-electron chi connectivity index (χ2n) is 7.12. The summed E-state index contributed by atoms with van der Waals surface area (Å²) in [6.07, 6.45) is 4.71. The minimum absolute atomic E-state index is 0.291. The Morgan fingerprint density at radius 2 is 2.12 bits per heavy atom. The third-order valence-electron chi connectivity index (χ3n) is 5.44. The fraction of sp³-hybridized carbons (Fsp3) is 0.632. The Labute approximate surface area is 150 Å². The van der Waals surface area contributed by atoms with E-state index in [1.165, 1.54) is 30.7 Å². The maximum Gasteiger partial charge on any atom is 0.493 e. The first-order chi connectivity index (χ1) is 12.3. The fourth-order valence-corrected chi connectivity index (χ4v) is 4.23. The van der Waals surface area contributed by atoms with Crippen molar-refractivity contribution in [1.29, 1.82) is 0 Å². The zero-order valence-electron chi connectivity index (χ0n) is 15.4. The molecule has 2 aliphatic rings. The normalized spacial score (nSPS) is 20.5. The molecule has 1 atom stereocenters. The third kappa shape index (κ3) is 3.35. The number of rotatable bonds is 6. The van der Waals surface area contributed by atoms with Gasteiger partial charge < -0.3 is 13.9 Å². The molecule has 134 valence electrons. The van der Waals surface area contributed by atoms with E-state index in [1.54, 1.807) is 0 Å². The zero-order chi connectivity index (χ0) is 17.2. The molecule has 3 heterocycles. The molecule has 2 aromatic rings. The Kier molecular flexibility index (Phi) is 5.11. The van der Waals surface area contributed by atoms with Crippen LogP contribution in [-0.4, -0.2) is 53.9 Å². The second-order valence-corrected chi connectivity index (χ2v) is 7.12. The Balaban J connectivity index is 1.63. The van der Waals surface area contributed by atoms with Gasteiger partial charge in [0.05, 0.1) is 11.0 Å². The molecule has 1 aromatic heterocycles. The molecule has 0 N–H and O–H groups in total. The minimum atomic E-state index is -0.291. The number of hydrogen-bond acceptors (Lipinski definition) is 4. The quantitative estimate of drug-likeness (QED) is 0.756. The number of aromatic nitrogens is 2. The van der Waals surface area contributed by atoms with Crippen LogP contribution >= 0.6 is 0 Å². The topological polar surface area (TPSA) is 39.5 Å². The van der Waals surface area contributed by atoms with Crippen molar-refractivity contribution in [3.8, 4) is 0 Å². The summed E-state index contributed by atoms with van der Waals surface area (Å²) >= 11 is 0. The highest BCUT2D eigenvalue weighted by Crippen LogP contribution is 2.26. The van der Waals surface area contributed by atoms with Gasteiger partial charge in [-0.2, -0.15) is 0 Å². The van der Waals surface area contributed by atoms with Crippen LogP contribution in [0.15, 0.2) is 18.2 Å². The van der Waals surface area contributed by atoms with Crippen molar-refractivity contribution in [1.82, 2.24) is 14.5 Å². The summed E-state index contributed by atoms with van der Waals surface area (Å²) in [6, 6.07) is 7.17. The number of fused-ring (bicyclic) bond motifs is 4. The van der Waals surface area contributed by atoms with E-state index in [4.69, 9.17) is 14.3 Å². The Hall–Kier alpha value is -1.37. The summed E-state index contributed by atoms with van der Waals surface area (Å²) in [4.78, 5) is 7.62. The van der Waals surface area contributed by atoms with Crippen molar-refractivity contribution in [3.63, 3.8) is 0 Å². The highest BCUT2D eigenvalue weighted by Gasteiger charge is 2.30. The summed E-state index contributed by atoms with van der Waals surface area (Å²) in [5.74, 6) is 1.24. The molecule has 0 unspecified atom stereocenters. The lowest BCUT2D eigenvalue weighted by Gasteiger charge is -2.20. The first-order valence-electron chi connectivity index (χ1n) is 9.76. The van der Waals surface area contributed by atoms with Crippen LogP contribution in [0.5, 0.6) is 0 Å². The van der Waals surface area contributed by atoms with Crippen molar-refractivity contribution in [2.24, 2.45) is 0 Å². The van der Waals surface area contributed by atoms with E-state index in [2.05, 4.69) is 34.6 Å². The Morgan fingerprint density at radius 3 is 2.96 bits per heavy atom. The highest BCUT2D eigenvalue weighted by molar-refractivity contribution is 6.61. The SMILES string of the molecule is CCCOB(OCC)c1ccc2c(c1)nc1n2CCN2CCC[C@H]2C1. The Bertz CT molecular complexity index is 733. The average Bonchev–Trinajstić information content (AvgIpc) is 3.16. The molecule has 0 saturated carbocycles. The fourth-order valence-electron chi connectivity index (χ4n) is 4.23. The number of benzene rings is 1. The van der Waals surface area contributed by atoms with Gasteiger partial charge in [0.15, 0.2) is 0 Å². The first kappa shape index (κ1) is 17.1. The highest BCUT2D eigenvalue weighted by atomic mass is 16.6. The molecule has 0 amide bonds. The monoisotopic (exact) mass is 341 g/mol. The van der Waals surface area contributed by atoms with Crippen molar-refractivity contribution in [2.75, 3.05) is 26.3 Å². The van der Waals surface area contributed by atoms with Crippen molar-refractivity contribution in [2.45, 2.75) is 52.1 Å². The van der Waals surface area contributed by atoms with Gasteiger partial charge in [0.1, 0.15) is 5.82 Å². The lowest BCUT2D eigenvalue weighted by molar-refractivity contribution is 0.216. The zero-order valence-corrected chi connectivity index (χ0v) is 15.4. The molecule has 0 bridgehead atoms. The maximum absolute atomic E-state index is 5.88. The van der Waals surface area contributed by atoms with Crippen LogP contribution in [0.2, 0.25) is 0 Å². The largest absolute Gasteiger partial charge is 0.493 e. The molecular formula is C19H28BN3O2. The molecule has 0 radical (unpaired) electrons. The molecule has 5 nitrogen and oxygen atoms in total. The molecule has 1 aromatic carbocycles. The van der Waals surface area contributed by atoms with Crippen molar-refractivity contribution in [3.05, 3.63) is 24.0 Å². The van der Waals surface area contributed by atoms with Crippen molar-refractivity contribution >= 4 is 23.6 Å². The molecule has 6 heteroatoms. The molecule has 0 aliphatic carbocycles. The van der Waals surface area contributed by atoms with Crippen LogP contribution < -0.4 is 5.46 Å². The van der Waals surface area contributed by atoms with E-state index < -0.39 is 0 Å². The summed E-state index contributed by atoms with van der Waals surface area (Å²) in [5, 5.41) is 0. The third-order valence-corrected chi connectivity index (χ3v) is 5.44. The van der Waals surface area contributed by atoms with E-state index in [0.717, 1.165) is 36.9 Å². The number of imidazole rings is 1. The van der Waals surface area contributed by atoms with Gasteiger partial charge in [-0.05, 0) is 50.3 Å². The summed E-state index contributed by atoms with van der Waals surface area (Å²) < 4.78 is 14.1. The van der Waals surface area contributed by atoms with Gasteiger partial charge >= 0.3 is 7.12 Å². The van der Waals surface area contributed by atoms with Gasteiger partial charge in [-0.1, -0.05) is 13.0 Å². The summed E-state index contributed by atoms with van der Waals surface area (Å²) in [5.41, 5.74) is 3.38. The van der Waals surface area contributed by atoms with E-state index in [-0.39, 0.29) is 7.12 Å². The average molecular weight is 341 g/mol. The van der Waals surface area contributed by atoms with E-state index in [0.29, 0.717) is 19.3 Å². The molecule has 2 aliphatic heterocycles. The van der Waals surface area contributed by atoms with Crippen LogP contribution in [0.3, 0.4) is 0 Å². The second kappa shape index (κ2) is 7.48. The summed E-state index contributed by atoms with van der Waals surface area (Å²) in [6.45, 7) is 8.92. The predicted molar refractivity (Wildman–Crippen MR) is 101 cm³/mol. The van der Waals surface area contributed by atoms with Gasteiger partial charge in [-0.25, -0.2) is 4.98 Å². The van der Waals surface area contributed by atoms with E-state index in [9.17, 15) is 0 Å². The standard InChI is InChI=1S/C19H28BN3O2/c1-3-12-25-20(24-4-2)15-7-8-18-17(13-15)21-19-14-16-6-5-9-22(16)10-11-23(18)19/h7-8,13,16H,3-6,9-12,14H2,1-2H3/t16-/m0/s1. The van der Waals surface area contributed by atoms with Crippen LogP contribution in [0.1, 0.15) is 38.9 Å². The molecule has 1 fully saturated rings. The van der Waals surface area contributed by atoms with Crippen molar-refractivity contribution < 1.29 is 9.31 Å². The predicted octanol–water partition coefficient (Wildman–Crippen LogP) is 2.22. The minimum Gasteiger partial charge on any atom is -0.408 e. The van der Waals surface area contributed by atoms with Gasteiger partial charge in [0, 0.05) is 38.8 Å². The van der Waals surface area contributed by atoms with Crippen LogP contribution in [0.4, 0.5) is 0 Å². The van der Waals surface area contributed by atoms with Gasteiger partial charge in [-0.15, -0.1) is 0 Å². The molecule has 4 rings (SSSR count). The van der Waals surface area contributed by atoms with Gasteiger partial charge in [0.2, 0.25) is 0 Å². The summed E-state index contributed by atoms with van der Waals surface area (Å²) in [7, 11) is -0.291. The smallest absolute Gasteiger partial charge is 0.408 e. The Morgan fingerprint density at radius 1 is 1.20 bits per heavy atom. The molecule has 0 spiro atoms. The number of hydrogen-bond donors (Lipinski definition) is 0. The lowest BCUT2D eigenvalue weighted by Crippen LogP contribution is -2.37. The lowest BCUT2D eigenvalue weighted by atomic mass is 9.78. The van der Waals surface area contributed by atoms with E-state index in [1.807, 2.05) is 6.92 Å². The van der Waals surface area contributed by atoms with Gasteiger partial charge in [-0.3, -0.25) is 4.90 Å². The first-order valence-corrected chi connectivity index (χ1v) is 9.76. The van der Waals surface area contributed by atoms with Crippen LogP contribution in [-0.2, 0) is 22.3 Å². The van der Waals surface area contributed by atoms with E-state index >= 15 is 0 Å². The number of nitrogens with zero attached hydrogens (tertiary/aromatic N) is 3. The van der Waals surface area contributed by atoms with Crippen LogP contribution in [0, 0.1) is 0 Å². The van der Waals surface area contributed by atoms with Crippen LogP contribution in [0.25, 0.3) is 11.0 Å².